The van der Waals surface area contributed by atoms with Gasteiger partial charge in [0.05, 0.1) is 5.69 Å². The average Bonchev–Trinajstić information content (AvgIpc) is 2.32. The van der Waals surface area contributed by atoms with Crippen molar-refractivity contribution in [2.24, 2.45) is 0 Å². The van der Waals surface area contributed by atoms with E-state index in [1.54, 1.807) is 6.07 Å². The van der Waals surface area contributed by atoms with Crippen molar-refractivity contribution in [2.75, 3.05) is 18.9 Å². The van der Waals surface area contributed by atoms with Crippen molar-refractivity contribution in [3.05, 3.63) is 23.8 Å². The second kappa shape index (κ2) is 6.91. The molecule has 0 heterocycles. The highest BCUT2D eigenvalue weighted by Crippen LogP contribution is 2.24. The van der Waals surface area contributed by atoms with Crippen molar-refractivity contribution in [3.63, 3.8) is 0 Å². The Morgan fingerprint density at radius 2 is 2.18 bits per heavy atom. The van der Waals surface area contributed by atoms with Crippen molar-refractivity contribution in [1.82, 2.24) is 5.32 Å². The van der Waals surface area contributed by atoms with E-state index in [1.807, 2.05) is 26.1 Å². The van der Waals surface area contributed by atoms with Crippen LogP contribution >= 0.6 is 0 Å². The predicted molar refractivity (Wildman–Crippen MR) is 69.3 cm³/mol. The summed E-state index contributed by atoms with van der Waals surface area (Å²) in [5, 5.41) is 15.3. The molecule has 0 radical (unpaired) electrons. The highest BCUT2D eigenvalue weighted by atomic mass is 16.3. The van der Waals surface area contributed by atoms with E-state index in [-0.39, 0.29) is 11.7 Å². The van der Waals surface area contributed by atoms with E-state index >= 15 is 0 Å². The molecule has 0 aromatic heterocycles. The Morgan fingerprint density at radius 1 is 1.41 bits per heavy atom. The van der Waals surface area contributed by atoms with Crippen molar-refractivity contribution in [2.45, 2.75) is 26.2 Å². The number of nitrogens with one attached hydrogen (secondary N) is 2. The predicted octanol–water partition coefficient (Wildman–Crippen LogP) is 1.89. The summed E-state index contributed by atoms with van der Waals surface area (Å²) in [5.74, 6) is 0.0490. The van der Waals surface area contributed by atoms with Crippen LogP contribution in [0.2, 0.25) is 0 Å². The Kier molecular flexibility index (Phi) is 5.49. The summed E-state index contributed by atoms with van der Waals surface area (Å²) in [5.41, 5.74) is 1.59. The molecule has 1 amide bonds. The van der Waals surface area contributed by atoms with Gasteiger partial charge < -0.3 is 15.7 Å². The molecule has 94 valence electrons. The summed E-state index contributed by atoms with van der Waals surface area (Å²) in [6.07, 6.45) is 2.12. The third-order valence-electron chi connectivity index (χ3n) is 2.57. The summed E-state index contributed by atoms with van der Waals surface area (Å²) < 4.78 is 0. The molecule has 1 rings (SSSR count). The van der Waals surface area contributed by atoms with Crippen LogP contribution in [0.25, 0.3) is 0 Å². The largest absolute Gasteiger partial charge is 0.506 e. The van der Waals surface area contributed by atoms with Crippen LogP contribution in [-0.4, -0.2) is 24.6 Å². The first kappa shape index (κ1) is 13.5. The van der Waals surface area contributed by atoms with Gasteiger partial charge in [-0.05, 0) is 44.1 Å². The molecule has 1 aromatic carbocycles. The summed E-state index contributed by atoms with van der Waals surface area (Å²) in [6.45, 7) is 2.85. The van der Waals surface area contributed by atoms with Crippen LogP contribution in [0.4, 0.5) is 5.69 Å². The highest BCUT2D eigenvalue weighted by Gasteiger charge is 2.06. The second-order valence-corrected chi connectivity index (χ2v) is 3.96. The SMILES string of the molecule is CCc1ccc(O)c(NC(=O)CCCNC)c1. The molecule has 3 N–H and O–H groups in total. The molecule has 17 heavy (non-hydrogen) atoms. The lowest BCUT2D eigenvalue weighted by atomic mass is 10.1. The van der Waals surface area contributed by atoms with Crippen LogP contribution in [0.1, 0.15) is 25.3 Å². The molecule has 4 nitrogen and oxygen atoms in total. The minimum Gasteiger partial charge on any atom is -0.506 e. The zero-order valence-electron chi connectivity index (χ0n) is 10.4. The molecule has 0 spiro atoms. The van der Waals surface area contributed by atoms with Gasteiger partial charge in [-0.3, -0.25) is 4.79 Å². The number of phenols is 1. The van der Waals surface area contributed by atoms with Gasteiger partial charge in [0, 0.05) is 6.42 Å². The summed E-state index contributed by atoms with van der Waals surface area (Å²) in [6, 6.07) is 5.28. The molecule has 0 aliphatic carbocycles. The molecule has 0 atom stereocenters. The minimum absolute atomic E-state index is 0.0659. The number of hydrogen-bond donors (Lipinski definition) is 3. The number of anilines is 1. The molecule has 0 aliphatic rings. The Morgan fingerprint density at radius 3 is 2.82 bits per heavy atom. The summed E-state index contributed by atoms with van der Waals surface area (Å²) in [4.78, 5) is 11.6. The smallest absolute Gasteiger partial charge is 0.224 e. The Labute approximate surface area is 102 Å². The van der Waals surface area contributed by atoms with Crippen LogP contribution in [0, 0.1) is 0 Å². The third-order valence-corrected chi connectivity index (χ3v) is 2.57. The van der Waals surface area contributed by atoms with Crippen LogP contribution < -0.4 is 10.6 Å². The number of rotatable bonds is 6. The van der Waals surface area contributed by atoms with Crippen molar-refractivity contribution >= 4 is 11.6 Å². The van der Waals surface area contributed by atoms with Gasteiger partial charge >= 0.3 is 0 Å². The zero-order chi connectivity index (χ0) is 12.7. The van der Waals surface area contributed by atoms with Gasteiger partial charge in [-0.15, -0.1) is 0 Å². The molecule has 0 aliphatic heterocycles. The van der Waals surface area contributed by atoms with Crippen molar-refractivity contribution in [3.8, 4) is 5.75 Å². The highest BCUT2D eigenvalue weighted by molar-refractivity contribution is 5.92. The van der Waals surface area contributed by atoms with Gasteiger partial charge in [0.1, 0.15) is 5.75 Å². The molecule has 1 aromatic rings. The van der Waals surface area contributed by atoms with Crippen LogP contribution in [0.15, 0.2) is 18.2 Å². The molecular formula is C13H20N2O2. The first-order chi connectivity index (χ1) is 8.17. The zero-order valence-corrected chi connectivity index (χ0v) is 10.4. The minimum atomic E-state index is -0.0659. The average molecular weight is 236 g/mol. The van der Waals surface area contributed by atoms with Gasteiger partial charge in [-0.1, -0.05) is 13.0 Å². The number of aryl methyl sites for hydroxylation is 1. The fraction of sp³-hybridized carbons (Fsp3) is 0.462. The number of carbonyl (C=O) groups is 1. The van der Waals surface area contributed by atoms with E-state index in [0.717, 1.165) is 24.9 Å². The van der Waals surface area contributed by atoms with Crippen LogP contribution in [-0.2, 0) is 11.2 Å². The van der Waals surface area contributed by atoms with Gasteiger partial charge in [-0.25, -0.2) is 0 Å². The van der Waals surface area contributed by atoms with E-state index < -0.39 is 0 Å². The summed E-state index contributed by atoms with van der Waals surface area (Å²) in [7, 11) is 1.86. The van der Waals surface area contributed by atoms with E-state index in [2.05, 4.69) is 10.6 Å². The number of phenolic OH excluding ortho intramolecular Hbond substituents is 1. The number of carbonyl (C=O) groups excluding carboxylic acids is 1. The van der Waals surface area contributed by atoms with Gasteiger partial charge in [0.25, 0.3) is 0 Å². The maximum absolute atomic E-state index is 11.6. The number of hydrogen-bond acceptors (Lipinski definition) is 3. The monoisotopic (exact) mass is 236 g/mol. The molecule has 0 fully saturated rings. The van der Waals surface area contributed by atoms with Crippen LogP contribution in [0.5, 0.6) is 5.75 Å². The Hall–Kier alpha value is -1.55. The molecule has 0 unspecified atom stereocenters. The molecule has 0 bridgehead atoms. The quantitative estimate of drug-likeness (QED) is 0.522. The molecule has 4 heteroatoms. The Balaban J connectivity index is 2.57. The molecule has 0 saturated heterocycles. The molecule has 0 saturated carbocycles. The van der Waals surface area contributed by atoms with E-state index in [4.69, 9.17) is 0 Å². The fourth-order valence-corrected chi connectivity index (χ4v) is 1.54. The lowest BCUT2D eigenvalue weighted by molar-refractivity contribution is -0.116. The van der Waals surface area contributed by atoms with E-state index in [9.17, 15) is 9.90 Å². The van der Waals surface area contributed by atoms with Gasteiger partial charge in [-0.2, -0.15) is 0 Å². The number of benzene rings is 1. The van der Waals surface area contributed by atoms with E-state index in [0.29, 0.717) is 12.1 Å². The number of amides is 1. The Bertz CT molecular complexity index is 378. The van der Waals surface area contributed by atoms with Gasteiger partial charge in [0.15, 0.2) is 0 Å². The maximum atomic E-state index is 11.6. The third kappa shape index (κ3) is 4.44. The first-order valence-corrected chi connectivity index (χ1v) is 5.93. The normalized spacial score (nSPS) is 10.2. The van der Waals surface area contributed by atoms with Gasteiger partial charge in [0.2, 0.25) is 5.91 Å². The number of aromatic hydroxyl groups is 1. The second-order valence-electron chi connectivity index (χ2n) is 3.96. The topological polar surface area (TPSA) is 61.4 Å². The lowest BCUT2D eigenvalue weighted by Crippen LogP contribution is -2.15. The maximum Gasteiger partial charge on any atom is 0.224 e. The summed E-state index contributed by atoms with van der Waals surface area (Å²) >= 11 is 0. The van der Waals surface area contributed by atoms with E-state index in [1.165, 1.54) is 0 Å². The van der Waals surface area contributed by atoms with Crippen molar-refractivity contribution in [1.29, 1.82) is 0 Å². The lowest BCUT2D eigenvalue weighted by Gasteiger charge is -2.08. The standard InChI is InChI=1S/C13H20N2O2/c1-3-10-6-7-12(16)11(9-10)15-13(17)5-4-8-14-2/h6-7,9,14,16H,3-5,8H2,1-2H3,(H,15,17). The first-order valence-electron chi connectivity index (χ1n) is 5.93. The molecular weight excluding hydrogens is 216 g/mol. The fourth-order valence-electron chi connectivity index (χ4n) is 1.54. The van der Waals surface area contributed by atoms with Crippen LogP contribution in [0.3, 0.4) is 0 Å². The van der Waals surface area contributed by atoms with Crippen molar-refractivity contribution < 1.29 is 9.90 Å².